The van der Waals surface area contributed by atoms with Crippen molar-refractivity contribution in [1.29, 1.82) is 0 Å². The molecule has 0 radical (unpaired) electrons. The molecule has 2 heterocycles. The van der Waals surface area contributed by atoms with Gasteiger partial charge in [0.1, 0.15) is 0 Å². The summed E-state index contributed by atoms with van der Waals surface area (Å²) in [5, 5.41) is 0. The molecule has 1 saturated heterocycles. The molecule has 1 fully saturated rings. The van der Waals surface area contributed by atoms with Crippen LogP contribution in [0.2, 0.25) is 0 Å². The maximum Gasteiger partial charge on any atom is 0.331 e. The highest BCUT2D eigenvalue weighted by Crippen LogP contribution is 2.35. The van der Waals surface area contributed by atoms with E-state index in [0.29, 0.717) is 6.42 Å². The molecule has 0 aromatic heterocycles. The molecule has 2 aliphatic rings. The van der Waals surface area contributed by atoms with Gasteiger partial charge in [0.2, 0.25) is 5.91 Å². The maximum atomic E-state index is 12.9. The van der Waals surface area contributed by atoms with Crippen LogP contribution in [0.1, 0.15) is 40.5 Å². The van der Waals surface area contributed by atoms with Gasteiger partial charge in [-0.05, 0) is 18.6 Å². The van der Waals surface area contributed by atoms with Crippen molar-refractivity contribution in [3.63, 3.8) is 0 Å². The van der Waals surface area contributed by atoms with Gasteiger partial charge in [-0.1, -0.05) is 19.1 Å². The highest BCUT2D eigenvalue weighted by Gasteiger charge is 2.61. The van der Waals surface area contributed by atoms with E-state index in [1.807, 2.05) is 0 Å². The van der Waals surface area contributed by atoms with Gasteiger partial charge in [-0.3, -0.25) is 24.1 Å². The minimum absolute atomic E-state index is 0.110. The molecule has 148 valence electrons. The van der Waals surface area contributed by atoms with E-state index in [4.69, 9.17) is 4.74 Å². The van der Waals surface area contributed by atoms with Gasteiger partial charge >= 0.3 is 11.9 Å². The first-order valence-electron chi connectivity index (χ1n) is 8.81. The summed E-state index contributed by atoms with van der Waals surface area (Å²) in [5.41, 5.74) is 0.368. The Labute approximate surface area is 161 Å². The number of ether oxygens (including phenoxy) is 2. The van der Waals surface area contributed by atoms with Gasteiger partial charge in [0.15, 0.2) is 12.1 Å². The van der Waals surface area contributed by atoms with Gasteiger partial charge < -0.3 is 14.4 Å². The number of likely N-dealkylation sites (tertiary alicyclic amines) is 1. The lowest BCUT2D eigenvalue weighted by atomic mass is 9.89. The number of esters is 2. The van der Waals surface area contributed by atoms with Gasteiger partial charge in [-0.15, -0.1) is 0 Å². The fourth-order valence-electron chi connectivity index (χ4n) is 3.69. The fraction of sp³-hybridized carbons (Fsp3) is 0.421. The Kier molecular flexibility index (Phi) is 5.17. The molecule has 2 aliphatic heterocycles. The predicted octanol–water partition coefficient (Wildman–Crippen LogP) is 0.377. The van der Waals surface area contributed by atoms with Crippen molar-refractivity contribution in [2.24, 2.45) is 0 Å². The van der Waals surface area contributed by atoms with Crippen LogP contribution in [0.4, 0.5) is 0 Å². The van der Waals surface area contributed by atoms with Crippen molar-refractivity contribution in [2.75, 3.05) is 14.2 Å². The van der Waals surface area contributed by atoms with Crippen LogP contribution < -0.4 is 0 Å². The molecule has 2 unspecified atom stereocenters. The standard InChI is InChI=1S/C19H20N2O7/c1-4-10(9-13(22)27-2)20-15(19(26)28-3)14(18(20)25)21-16(23)11-7-5-6-8-12(11)17(21)24/h5-8,10,14-15H,4,9H2,1-3H3/t10-,14?,15?/m1/s1. The molecule has 3 atom stereocenters. The Morgan fingerprint density at radius 2 is 1.61 bits per heavy atom. The van der Waals surface area contributed by atoms with Crippen molar-refractivity contribution in [3.8, 4) is 0 Å². The van der Waals surface area contributed by atoms with Crippen molar-refractivity contribution < 1.29 is 33.4 Å². The van der Waals surface area contributed by atoms with Crippen LogP contribution >= 0.6 is 0 Å². The Bertz CT molecular complexity index is 831. The number of imide groups is 1. The van der Waals surface area contributed by atoms with Crippen molar-refractivity contribution in [1.82, 2.24) is 9.80 Å². The number of fused-ring (bicyclic) bond motifs is 1. The number of nitrogens with zero attached hydrogens (tertiary/aromatic N) is 2. The van der Waals surface area contributed by atoms with E-state index >= 15 is 0 Å². The zero-order chi connectivity index (χ0) is 20.6. The predicted molar refractivity (Wildman–Crippen MR) is 94.1 cm³/mol. The number of amides is 3. The average molecular weight is 388 g/mol. The van der Waals surface area contributed by atoms with Crippen LogP contribution in [-0.2, 0) is 23.9 Å². The van der Waals surface area contributed by atoms with Gasteiger partial charge in [0.05, 0.1) is 31.8 Å². The number of benzene rings is 1. The van der Waals surface area contributed by atoms with Gasteiger partial charge in [0.25, 0.3) is 11.8 Å². The lowest BCUT2D eigenvalue weighted by molar-refractivity contribution is -0.177. The summed E-state index contributed by atoms with van der Waals surface area (Å²) < 4.78 is 9.45. The second-order valence-corrected chi connectivity index (χ2v) is 6.53. The number of hydrogen-bond acceptors (Lipinski definition) is 7. The molecule has 0 spiro atoms. The van der Waals surface area contributed by atoms with Crippen molar-refractivity contribution >= 4 is 29.7 Å². The third-order valence-electron chi connectivity index (χ3n) is 5.15. The van der Waals surface area contributed by atoms with E-state index in [2.05, 4.69) is 4.74 Å². The summed E-state index contributed by atoms with van der Waals surface area (Å²) in [6.07, 6.45) is 0.268. The number of hydrogen-bond donors (Lipinski definition) is 0. The van der Waals surface area contributed by atoms with Crippen LogP contribution in [0.25, 0.3) is 0 Å². The van der Waals surface area contributed by atoms with E-state index in [0.717, 1.165) is 12.0 Å². The first-order valence-corrected chi connectivity index (χ1v) is 8.81. The minimum Gasteiger partial charge on any atom is -0.469 e. The largest absolute Gasteiger partial charge is 0.469 e. The van der Waals surface area contributed by atoms with E-state index in [-0.39, 0.29) is 17.5 Å². The minimum atomic E-state index is -1.30. The topological polar surface area (TPSA) is 110 Å². The molecule has 1 aromatic rings. The molecule has 0 N–H and O–H groups in total. The molecule has 9 heteroatoms. The number of carbonyl (C=O) groups is 5. The van der Waals surface area contributed by atoms with Crippen molar-refractivity contribution in [2.45, 2.75) is 37.9 Å². The lowest BCUT2D eigenvalue weighted by Crippen LogP contribution is -2.76. The molecule has 0 aliphatic carbocycles. The van der Waals surface area contributed by atoms with Crippen LogP contribution in [-0.4, -0.2) is 71.8 Å². The summed E-state index contributed by atoms with van der Waals surface area (Å²) in [7, 11) is 2.39. The highest BCUT2D eigenvalue weighted by molar-refractivity contribution is 6.24. The smallest absolute Gasteiger partial charge is 0.331 e. The molecule has 28 heavy (non-hydrogen) atoms. The molecule has 0 saturated carbocycles. The second kappa shape index (κ2) is 7.41. The normalized spacial score (nSPS) is 21.9. The summed E-state index contributed by atoms with van der Waals surface area (Å²) >= 11 is 0. The van der Waals surface area contributed by atoms with E-state index in [1.54, 1.807) is 19.1 Å². The van der Waals surface area contributed by atoms with Gasteiger partial charge in [0, 0.05) is 6.04 Å². The lowest BCUT2D eigenvalue weighted by Gasteiger charge is -2.50. The monoisotopic (exact) mass is 388 g/mol. The Balaban J connectivity index is 1.93. The summed E-state index contributed by atoms with van der Waals surface area (Å²) in [5.74, 6) is -3.14. The van der Waals surface area contributed by atoms with Crippen LogP contribution in [0.5, 0.6) is 0 Å². The third kappa shape index (κ3) is 2.83. The molecular formula is C19H20N2O7. The van der Waals surface area contributed by atoms with E-state index < -0.39 is 47.8 Å². The molecular weight excluding hydrogens is 368 g/mol. The third-order valence-corrected chi connectivity index (χ3v) is 5.15. The van der Waals surface area contributed by atoms with Crippen molar-refractivity contribution in [3.05, 3.63) is 35.4 Å². The van der Waals surface area contributed by atoms with Gasteiger partial charge in [-0.25, -0.2) is 4.79 Å². The average Bonchev–Trinajstić information content (AvgIpc) is 2.95. The van der Waals surface area contributed by atoms with Crippen LogP contribution in [0.15, 0.2) is 24.3 Å². The Hall–Kier alpha value is -3.23. The number of methoxy groups -OCH3 is 2. The quantitative estimate of drug-likeness (QED) is 0.393. The van der Waals surface area contributed by atoms with Gasteiger partial charge in [-0.2, -0.15) is 0 Å². The zero-order valence-electron chi connectivity index (χ0n) is 15.7. The highest BCUT2D eigenvalue weighted by atomic mass is 16.5. The van der Waals surface area contributed by atoms with Crippen LogP contribution in [0, 0.1) is 0 Å². The number of rotatable bonds is 6. The second-order valence-electron chi connectivity index (χ2n) is 6.53. The zero-order valence-corrected chi connectivity index (χ0v) is 15.7. The first-order chi connectivity index (χ1) is 13.4. The molecule has 3 amide bonds. The fourth-order valence-corrected chi connectivity index (χ4v) is 3.69. The Morgan fingerprint density at radius 1 is 1.04 bits per heavy atom. The molecule has 9 nitrogen and oxygen atoms in total. The SMILES string of the molecule is CC[C@H](CC(=O)OC)N1C(=O)C(N2C(=O)c3ccccc3C2=O)C1C(=O)OC. The number of carbonyl (C=O) groups excluding carboxylic acids is 5. The summed E-state index contributed by atoms with van der Waals surface area (Å²) in [4.78, 5) is 64.4. The van der Waals surface area contributed by atoms with E-state index in [9.17, 15) is 24.0 Å². The molecule has 0 bridgehead atoms. The first kappa shape index (κ1) is 19.5. The van der Waals surface area contributed by atoms with Crippen LogP contribution in [0.3, 0.4) is 0 Å². The van der Waals surface area contributed by atoms with E-state index in [1.165, 1.54) is 24.1 Å². The summed E-state index contributed by atoms with van der Waals surface area (Å²) in [6.45, 7) is 1.75. The maximum absolute atomic E-state index is 12.9. The Morgan fingerprint density at radius 3 is 2.07 bits per heavy atom. The number of β-lactam (4-membered cyclic amide) rings is 1. The molecule has 3 rings (SSSR count). The molecule has 1 aromatic carbocycles. The summed E-state index contributed by atoms with van der Waals surface area (Å²) in [6, 6.07) is 3.13.